The van der Waals surface area contributed by atoms with Crippen molar-refractivity contribution in [2.45, 2.75) is 55.4 Å². The van der Waals surface area contributed by atoms with Gasteiger partial charge in [0.2, 0.25) is 0 Å². The molecule has 0 bridgehead atoms. The third-order valence-corrected chi connectivity index (χ3v) is 6.60. The predicted molar refractivity (Wildman–Crippen MR) is 114 cm³/mol. The molecular formula is C23H27F2N2OS+. The first-order chi connectivity index (χ1) is 14.0. The molecule has 0 fully saturated rings. The second-order valence-electron chi connectivity index (χ2n) is 7.72. The van der Waals surface area contributed by atoms with Crippen LogP contribution in [-0.2, 0) is 12.1 Å². The fourth-order valence-electron chi connectivity index (χ4n) is 4.39. The molecule has 0 amide bonds. The van der Waals surface area contributed by atoms with E-state index in [1.54, 1.807) is 24.3 Å². The normalized spacial score (nSPS) is 22.2. The molecule has 3 nitrogen and oxygen atoms in total. The minimum Gasteiger partial charge on any atom is -0.346 e. The monoisotopic (exact) mass is 417 g/mol. The molecule has 2 aromatic rings. The molecule has 0 saturated heterocycles. The lowest BCUT2D eigenvalue weighted by atomic mass is 9.99. The molecule has 0 saturated carbocycles. The van der Waals surface area contributed by atoms with E-state index < -0.39 is 11.5 Å². The van der Waals surface area contributed by atoms with Crippen molar-refractivity contribution in [2.24, 2.45) is 0 Å². The molecular weight excluding hydrogens is 390 g/mol. The van der Waals surface area contributed by atoms with E-state index in [1.165, 1.54) is 12.0 Å². The summed E-state index contributed by atoms with van der Waals surface area (Å²) in [5.74, 6) is -1.29. The molecule has 2 aliphatic rings. The summed E-state index contributed by atoms with van der Waals surface area (Å²) in [6, 6.07) is 15.3. The standard InChI is InChI=1S/C23H27F2N2OS/c1-2-17-7-11-19(12-8-17)27-21-6-4-3-5-15-26(21)16-23(27,28)18-9-13-20(14-10-18)29-22(24)25/h7-14,22,28H,2-6,15-16H2,1H3/q+1/t23-/m0/s1. The van der Waals surface area contributed by atoms with Crippen LogP contribution in [0.3, 0.4) is 0 Å². The molecule has 2 aliphatic heterocycles. The predicted octanol–water partition coefficient (Wildman–Crippen LogP) is 5.21. The second-order valence-corrected chi connectivity index (χ2v) is 8.79. The van der Waals surface area contributed by atoms with E-state index in [-0.39, 0.29) is 0 Å². The highest BCUT2D eigenvalue weighted by Crippen LogP contribution is 2.38. The van der Waals surface area contributed by atoms with Gasteiger partial charge in [0, 0.05) is 16.9 Å². The molecule has 0 aromatic heterocycles. The molecule has 0 spiro atoms. The molecule has 1 N–H and O–H groups in total. The summed E-state index contributed by atoms with van der Waals surface area (Å²) in [6.07, 6.45) is 5.32. The van der Waals surface area contributed by atoms with Crippen molar-refractivity contribution in [3.63, 3.8) is 0 Å². The summed E-state index contributed by atoms with van der Waals surface area (Å²) in [5.41, 5.74) is 1.74. The largest absolute Gasteiger partial charge is 0.346 e. The zero-order valence-corrected chi connectivity index (χ0v) is 17.5. The summed E-state index contributed by atoms with van der Waals surface area (Å²) < 4.78 is 27.6. The van der Waals surface area contributed by atoms with E-state index >= 15 is 0 Å². The van der Waals surface area contributed by atoms with Gasteiger partial charge in [-0.15, -0.1) is 0 Å². The average Bonchev–Trinajstić information content (AvgIpc) is 2.84. The maximum atomic E-state index is 12.7. The maximum Gasteiger partial charge on any atom is 0.288 e. The lowest BCUT2D eigenvalue weighted by Crippen LogP contribution is -2.47. The number of aliphatic hydroxyl groups is 1. The lowest BCUT2D eigenvalue weighted by Gasteiger charge is -2.29. The van der Waals surface area contributed by atoms with Crippen LogP contribution in [0.25, 0.3) is 0 Å². The zero-order valence-electron chi connectivity index (χ0n) is 16.7. The number of benzene rings is 2. The van der Waals surface area contributed by atoms with Gasteiger partial charge >= 0.3 is 0 Å². The van der Waals surface area contributed by atoms with Gasteiger partial charge in [-0.25, -0.2) is 0 Å². The molecule has 154 valence electrons. The van der Waals surface area contributed by atoms with Crippen molar-refractivity contribution < 1.29 is 18.5 Å². The summed E-state index contributed by atoms with van der Waals surface area (Å²) in [6.45, 7) is 3.54. The van der Waals surface area contributed by atoms with Crippen LogP contribution in [0.5, 0.6) is 0 Å². The Hall–Kier alpha value is -1.92. The summed E-state index contributed by atoms with van der Waals surface area (Å²) >= 11 is 0.529. The molecule has 0 aliphatic carbocycles. The van der Waals surface area contributed by atoms with Crippen LogP contribution >= 0.6 is 11.8 Å². The van der Waals surface area contributed by atoms with Crippen LogP contribution in [0.15, 0.2) is 53.4 Å². The van der Waals surface area contributed by atoms with Crippen LogP contribution in [0.4, 0.5) is 14.5 Å². The van der Waals surface area contributed by atoms with Crippen LogP contribution in [-0.4, -0.2) is 34.4 Å². The van der Waals surface area contributed by atoms with Gasteiger partial charge in [-0.05, 0) is 55.5 Å². The number of thioether (sulfide) groups is 1. The average molecular weight is 418 g/mol. The van der Waals surface area contributed by atoms with Gasteiger partial charge in [-0.3, -0.25) is 4.58 Å². The second kappa shape index (κ2) is 8.44. The molecule has 4 rings (SSSR count). The van der Waals surface area contributed by atoms with E-state index in [0.717, 1.165) is 49.3 Å². The first-order valence-electron chi connectivity index (χ1n) is 10.3. The van der Waals surface area contributed by atoms with Crippen molar-refractivity contribution in [3.05, 3.63) is 59.7 Å². The molecule has 2 heterocycles. The van der Waals surface area contributed by atoms with Crippen molar-refractivity contribution in [3.8, 4) is 0 Å². The van der Waals surface area contributed by atoms with Crippen LogP contribution in [0.1, 0.15) is 43.7 Å². The SMILES string of the molecule is CCc1ccc(N2C3=[N+](CCCCC3)C[C@]2(O)c2ccc(SC(F)F)cc2)cc1. The van der Waals surface area contributed by atoms with Gasteiger partial charge in [0.1, 0.15) is 5.69 Å². The number of anilines is 1. The van der Waals surface area contributed by atoms with Gasteiger partial charge in [0.25, 0.3) is 17.3 Å². The number of alkyl halides is 2. The molecule has 2 aromatic carbocycles. The Morgan fingerprint density at radius 3 is 2.45 bits per heavy atom. The Morgan fingerprint density at radius 2 is 1.79 bits per heavy atom. The summed E-state index contributed by atoms with van der Waals surface area (Å²) in [5, 5.41) is 11.9. The number of amidine groups is 1. The van der Waals surface area contributed by atoms with Crippen molar-refractivity contribution in [1.29, 1.82) is 0 Å². The van der Waals surface area contributed by atoms with Gasteiger partial charge in [0.15, 0.2) is 6.54 Å². The van der Waals surface area contributed by atoms with Crippen molar-refractivity contribution in [1.82, 2.24) is 0 Å². The van der Waals surface area contributed by atoms with Gasteiger partial charge in [0.05, 0.1) is 6.54 Å². The van der Waals surface area contributed by atoms with Crippen molar-refractivity contribution in [2.75, 3.05) is 18.0 Å². The number of hydrogen-bond donors (Lipinski definition) is 1. The fraction of sp³-hybridized carbons (Fsp3) is 0.435. The molecule has 0 radical (unpaired) electrons. The van der Waals surface area contributed by atoms with E-state index in [0.29, 0.717) is 23.2 Å². The Labute approximate surface area is 175 Å². The maximum absolute atomic E-state index is 12.7. The van der Waals surface area contributed by atoms with E-state index in [2.05, 4.69) is 40.7 Å². The van der Waals surface area contributed by atoms with Gasteiger partial charge in [-0.2, -0.15) is 13.7 Å². The third kappa shape index (κ3) is 4.05. The topological polar surface area (TPSA) is 26.5 Å². The van der Waals surface area contributed by atoms with Gasteiger partial charge < -0.3 is 5.11 Å². The highest BCUT2D eigenvalue weighted by Gasteiger charge is 2.54. The Bertz CT molecular complexity index is 883. The first-order valence-corrected chi connectivity index (χ1v) is 11.2. The first kappa shape index (κ1) is 20.4. The number of rotatable bonds is 5. The van der Waals surface area contributed by atoms with Crippen molar-refractivity contribution >= 4 is 23.3 Å². The van der Waals surface area contributed by atoms with E-state index in [9.17, 15) is 13.9 Å². The highest BCUT2D eigenvalue weighted by molar-refractivity contribution is 7.99. The molecule has 6 heteroatoms. The number of halogens is 2. The van der Waals surface area contributed by atoms with Gasteiger partial charge in [-0.1, -0.05) is 43.0 Å². The van der Waals surface area contributed by atoms with E-state index in [4.69, 9.17) is 0 Å². The highest BCUT2D eigenvalue weighted by atomic mass is 32.2. The summed E-state index contributed by atoms with van der Waals surface area (Å²) in [7, 11) is 0. The van der Waals surface area contributed by atoms with Crippen LogP contribution < -0.4 is 4.90 Å². The van der Waals surface area contributed by atoms with Crippen LogP contribution in [0, 0.1) is 0 Å². The van der Waals surface area contributed by atoms with E-state index in [1.807, 2.05) is 0 Å². The Morgan fingerprint density at radius 1 is 1.07 bits per heavy atom. The molecule has 0 unspecified atom stereocenters. The number of hydrogen-bond acceptors (Lipinski definition) is 3. The lowest BCUT2D eigenvalue weighted by molar-refractivity contribution is -0.534. The number of nitrogens with zero attached hydrogens (tertiary/aromatic N) is 2. The Kier molecular flexibility index (Phi) is 5.93. The smallest absolute Gasteiger partial charge is 0.288 e. The summed E-state index contributed by atoms with van der Waals surface area (Å²) in [4.78, 5) is 2.57. The zero-order chi connectivity index (χ0) is 20.4. The van der Waals surface area contributed by atoms with Crippen LogP contribution in [0.2, 0.25) is 0 Å². The number of aryl methyl sites for hydroxylation is 1. The minimum atomic E-state index is -2.45. The Balaban J connectivity index is 1.73. The quantitative estimate of drug-likeness (QED) is 0.534. The minimum absolute atomic E-state index is 0.485. The molecule has 1 atom stereocenters. The molecule has 29 heavy (non-hydrogen) atoms. The fourth-order valence-corrected chi connectivity index (χ4v) is 4.89. The third-order valence-electron chi connectivity index (χ3n) is 5.88.